The van der Waals surface area contributed by atoms with E-state index in [4.69, 9.17) is 16.3 Å². The highest BCUT2D eigenvalue weighted by molar-refractivity contribution is 7.90. The highest BCUT2D eigenvalue weighted by atomic mass is 35.5. The molecule has 1 atom stereocenters. The molecule has 0 saturated heterocycles. The van der Waals surface area contributed by atoms with Gasteiger partial charge in [0.15, 0.2) is 0 Å². The Morgan fingerprint density at radius 2 is 1.82 bits per heavy atom. The van der Waals surface area contributed by atoms with Gasteiger partial charge in [-0.2, -0.15) is 0 Å². The molecule has 0 spiro atoms. The van der Waals surface area contributed by atoms with E-state index in [0.29, 0.717) is 5.02 Å². The fourth-order valence-corrected chi connectivity index (χ4v) is 2.59. The number of halogens is 1. The first-order valence-corrected chi connectivity index (χ1v) is 9.33. The maximum Gasteiger partial charge on any atom is 0.408 e. The van der Waals surface area contributed by atoms with Gasteiger partial charge in [0.1, 0.15) is 15.4 Å². The molecule has 0 heterocycles. The molecule has 0 aliphatic heterocycles. The van der Waals surface area contributed by atoms with E-state index in [9.17, 15) is 13.2 Å². The normalized spacial score (nSPS) is 13.5. The number of hydrogen-bond acceptors (Lipinski definition) is 4. The summed E-state index contributed by atoms with van der Waals surface area (Å²) in [4.78, 5) is 11.9. The Labute approximate surface area is 136 Å². The second-order valence-electron chi connectivity index (χ2n) is 6.17. The van der Waals surface area contributed by atoms with Crippen molar-refractivity contribution in [1.82, 2.24) is 5.32 Å². The Hall–Kier alpha value is -1.27. The van der Waals surface area contributed by atoms with Crippen molar-refractivity contribution in [2.75, 3.05) is 12.0 Å². The van der Waals surface area contributed by atoms with Crippen LogP contribution in [-0.4, -0.2) is 32.1 Å². The monoisotopic (exact) mass is 347 g/mol. The van der Waals surface area contributed by atoms with Crippen LogP contribution < -0.4 is 5.32 Å². The van der Waals surface area contributed by atoms with E-state index in [1.807, 2.05) is 0 Å². The maximum atomic E-state index is 11.9. The predicted molar refractivity (Wildman–Crippen MR) is 87.9 cm³/mol. The molecule has 0 fully saturated rings. The molecule has 0 radical (unpaired) electrons. The summed E-state index contributed by atoms with van der Waals surface area (Å²) in [6.07, 6.45) is 0.847. The molecule has 1 unspecified atom stereocenters. The van der Waals surface area contributed by atoms with Gasteiger partial charge in [-0.15, -0.1) is 0 Å². The zero-order valence-corrected chi connectivity index (χ0v) is 14.8. The molecule has 1 N–H and O–H groups in total. The zero-order chi connectivity index (χ0) is 17.0. The minimum atomic E-state index is -3.12. The van der Waals surface area contributed by atoms with Gasteiger partial charge in [-0.25, -0.2) is 13.2 Å². The van der Waals surface area contributed by atoms with Crippen molar-refractivity contribution in [3.63, 3.8) is 0 Å². The molecule has 124 valence electrons. The van der Waals surface area contributed by atoms with Gasteiger partial charge in [-0.3, -0.25) is 0 Å². The van der Waals surface area contributed by atoms with Crippen LogP contribution in [0.15, 0.2) is 24.3 Å². The molecule has 5 nitrogen and oxygen atoms in total. The molecule has 22 heavy (non-hydrogen) atoms. The second kappa shape index (κ2) is 7.33. The van der Waals surface area contributed by atoms with E-state index in [1.165, 1.54) is 6.26 Å². The Bertz CT molecular complexity index is 605. The smallest absolute Gasteiger partial charge is 0.408 e. The standard InChI is InChI=1S/C15H22ClNO4S/c1-15(2,3)21-14(18)17-13(9-10-22(4,19)20)11-5-7-12(16)8-6-11/h5-8,13H,9-10H2,1-4H3,(H,17,18). The van der Waals surface area contributed by atoms with Crippen LogP contribution in [0.4, 0.5) is 4.79 Å². The lowest BCUT2D eigenvalue weighted by Gasteiger charge is -2.24. The van der Waals surface area contributed by atoms with Gasteiger partial charge in [0.2, 0.25) is 0 Å². The van der Waals surface area contributed by atoms with Crippen molar-refractivity contribution in [3.8, 4) is 0 Å². The third-order valence-electron chi connectivity index (χ3n) is 2.74. The SMILES string of the molecule is CC(C)(C)OC(=O)NC(CCS(C)(=O)=O)c1ccc(Cl)cc1. The third-order valence-corrected chi connectivity index (χ3v) is 3.97. The number of carbonyl (C=O) groups is 1. The van der Waals surface area contributed by atoms with Crippen LogP contribution in [-0.2, 0) is 14.6 Å². The summed E-state index contributed by atoms with van der Waals surface area (Å²) in [6, 6.07) is 6.45. The molecule has 1 aromatic rings. The molecule has 0 aliphatic rings. The Morgan fingerprint density at radius 1 is 1.27 bits per heavy atom. The van der Waals surface area contributed by atoms with Crippen LogP contribution >= 0.6 is 11.6 Å². The summed E-state index contributed by atoms with van der Waals surface area (Å²) >= 11 is 5.85. The van der Waals surface area contributed by atoms with E-state index in [1.54, 1.807) is 45.0 Å². The lowest BCUT2D eigenvalue weighted by molar-refractivity contribution is 0.0502. The van der Waals surface area contributed by atoms with Gasteiger partial charge in [0.25, 0.3) is 0 Å². The minimum absolute atomic E-state index is 0.0317. The molecule has 7 heteroatoms. The zero-order valence-electron chi connectivity index (χ0n) is 13.2. The van der Waals surface area contributed by atoms with E-state index in [-0.39, 0.29) is 12.2 Å². The highest BCUT2D eigenvalue weighted by Gasteiger charge is 2.21. The molecule has 1 amide bonds. The van der Waals surface area contributed by atoms with E-state index < -0.39 is 27.6 Å². The number of hydrogen-bond donors (Lipinski definition) is 1. The number of amides is 1. The van der Waals surface area contributed by atoms with E-state index in [2.05, 4.69) is 5.32 Å². The first-order chi connectivity index (χ1) is 9.96. The lowest BCUT2D eigenvalue weighted by atomic mass is 10.1. The highest BCUT2D eigenvalue weighted by Crippen LogP contribution is 2.21. The Morgan fingerprint density at radius 3 is 2.27 bits per heavy atom. The van der Waals surface area contributed by atoms with Crippen molar-refractivity contribution in [1.29, 1.82) is 0 Å². The summed E-state index contributed by atoms with van der Waals surface area (Å²) in [5.41, 5.74) is 0.157. The summed E-state index contributed by atoms with van der Waals surface area (Å²) in [5, 5.41) is 3.29. The van der Waals surface area contributed by atoms with Crippen LogP contribution in [0.25, 0.3) is 0 Å². The lowest BCUT2D eigenvalue weighted by Crippen LogP contribution is -2.35. The molecule has 0 aliphatic carbocycles. The number of benzene rings is 1. The molecular weight excluding hydrogens is 326 g/mol. The van der Waals surface area contributed by atoms with Gasteiger partial charge in [-0.05, 0) is 44.9 Å². The Balaban J connectivity index is 2.86. The largest absolute Gasteiger partial charge is 0.444 e. The van der Waals surface area contributed by atoms with Gasteiger partial charge < -0.3 is 10.1 Å². The molecule has 1 rings (SSSR count). The molecule has 0 saturated carbocycles. The van der Waals surface area contributed by atoms with Crippen LogP contribution in [0.3, 0.4) is 0 Å². The summed E-state index contributed by atoms with van der Waals surface area (Å²) in [6.45, 7) is 5.29. The van der Waals surface area contributed by atoms with Gasteiger partial charge in [0.05, 0.1) is 11.8 Å². The van der Waals surface area contributed by atoms with Crippen LogP contribution in [0.1, 0.15) is 38.8 Å². The maximum absolute atomic E-state index is 11.9. The number of carbonyl (C=O) groups excluding carboxylic acids is 1. The molecular formula is C15H22ClNO4S. The van der Waals surface area contributed by atoms with Crippen molar-refractivity contribution in [2.45, 2.75) is 38.8 Å². The first kappa shape index (κ1) is 18.8. The average Bonchev–Trinajstić information content (AvgIpc) is 2.32. The molecule has 0 bridgehead atoms. The fourth-order valence-electron chi connectivity index (χ4n) is 1.80. The van der Waals surface area contributed by atoms with Crippen molar-refractivity contribution in [2.24, 2.45) is 0 Å². The van der Waals surface area contributed by atoms with E-state index >= 15 is 0 Å². The van der Waals surface area contributed by atoms with Gasteiger partial charge in [-0.1, -0.05) is 23.7 Å². The molecule has 0 aromatic heterocycles. The van der Waals surface area contributed by atoms with Crippen LogP contribution in [0, 0.1) is 0 Å². The number of rotatable bonds is 5. The predicted octanol–water partition coefficient (Wildman–Crippen LogP) is 3.34. The van der Waals surface area contributed by atoms with Crippen molar-refractivity contribution < 1.29 is 17.9 Å². The number of nitrogens with one attached hydrogen (secondary N) is 1. The van der Waals surface area contributed by atoms with Gasteiger partial charge >= 0.3 is 6.09 Å². The average molecular weight is 348 g/mol. The Kier molecular flexibility index (Phi) is 6.26. The third kappa shape index (κ3) is 7.66. The van der Waals surface area contributed by atoms with Crippen molar-refractivity contribution >= 4 is 27.5 Å². The first-order valence-electron chi connectivity index (χ1n) is 6.89. The molecule has 1 aromatic carbocycles. The minimum Gasteiger partial charge on any atom is -0.444 e. The number of alkyl carbamates (subject to hydrolysis) is 1. The second-order valence-corrected chi connectivity index (χ2v) is 8.87. The van der Waals surface area contributed by atoms with Gasteiger partial charge in [0, 0.05) is 11.3 Å². The summed E-state index contributed by atoms with van der Waals surface area (Å²) in [7, 11) is -3.12. The topological polar surface area (TPSA) is 72.5 Å². The van der Waals surface area contributed by atoms with Crippen LogP contribution in [0.5, 0.6) is 0 Å². The quantitative estimate of drug-likeness (QED) is 0.886. The summed E-state index contributed by atoms with van der Waals surface area (Å²) < 4.78 is 28.0. The van der Waals surface area contributed by atoms with E-state index in [0.717, 1.165) is 5.56 Å². The fraction of sp³-hybridized carbons (Fsp3) is 0.533. The number of ether oxygens (including phenoxy) is 1. The van der Waals surface area contributed by atoms with Crippen molar-refractivity contribution in [3.05, 3.63) is 34.9 Å². The number of sulfone groups is 1. The van der Waals surface area contributed by atoms with Crippen LogP contribution in [0.2, 0.25) is 5.02 Å². The summed E-state index contributed by atoms with van der Waals surface area (Å²) in [5.74, 6) is -0.0317.